The Labute approximate surface area is 168 Å². The minimum absolute atomic E-state index is 0.258. The Morgan fingerprint density at radius 1 is 1.03 bits per heavy atom. The Kier molecular flexibility index (Phi) is 7.90. The van der Waals surface area contributed by atoms with E-state index in [9.17, 15) is 58.8 Å². The molecule has 0 aliphatic rings. The molecule has 1 rings (SSSR count). The Morgan fingerprint density at radius 3 is 2.07 bits per heavy atom. The highest BCUT2D eigenvalue weighted by Gasteiger charge is 2.73. The Morgan fingerprint density at radius 2 is 1.60 bits per heavy atom. The van der Waals surface area contributed by atoms with Gasteiger partial charge in [0, 0.05) is 11.0 Å². The van der Waals surface area contributed by atoms with Gasteiger partial charge in [-0.2, -0.15) is 43.9 Å². The lowest BCUT2D eigenvalue weighted by molar-refractivity contribution is -0.387. The summed E-state index contributed by atoms with van der Waals surface area (Å²) in [5, 5.41) is 5.29. The van der Waals surface area contributed by atoms with Crippen LogP contribution >= 0.6 is 23.5 Å². The molecule has 0 aliphatic heterocycles. The molecular formula is C13H7F10NO4S2. The van der Waals surface area contributed by atoms with Gasteiger partial charge in [0.15, 0.2) is 6.61 Å². The molecule has 0 saturated carbocycles. The smallest absolute Gasteiger partial charge is 0.455 e. The minimum atomic E-state index is -6.60. The van der Waals surface area contributed by atoms with Crippen molar-refractivity contribution in [2.45, 2.75) is 33.3 Å². The molecule has 0 atom stereocenters. The van der Waals surface area contributed by atoms with Gasteiger partial charge in [-0.25, -0.2) is 0 Å². The van der Waals surface area contributed by atoms with E-state index in [1.54, 1.807) is 0 Å². The van der Waals surface area contributed by atoms with Crippen LogP contribution < -0.4 is 0 Å². The van der Waals surface area contributed by atoms with E-state index in [0.717, 1.165) is 0 Å². The predicted octanol–water partition coefficient (Wildman–Crippen LogP) is 5.67. The van der Waals surface area contributed by atoms with Crippen molar-refractivity contribution in [3.63, 3.8) is 0 Å². The van der Waals surface area contributed by atoms with Crippen LogP contribution in [0.15, 0.2) is 28.0 Å². The Bertz CT molecular complexity index is 797. The zero-order chi connectivity index (χ0) is 23.5. The van der Waals surface area contributed by atoms with E-state index >= 15 is 0 Å². The number of esters is 1. The molecule has 1 aromatic rings. The van der Waals surface area contributed by atoms with Crippen LogP contribution in [-0.2, 0) is 9.53 Å². The highest BCUT2D eigenvalue weighted by molar-refractivity contribution is 8.00. The van der Waals surface area contributed by atoms with Crippen LogP contribution in [0.3, 0.4) is 0 Å². The van der Waals surface area contributed by atoms with E-state index in [-0.39, 0.29) is 17.8 Å². The summed E-state index contributed by atoms with van der Waals surface area (Å²) in [5.74, 6) is -8.75. The highest BCUT2D eigenvalue weighted by atomic mass is 32.2. The summed E-state index contributed by atoms with van der Waals surface area (Å²) in [7, 11) is 0. The minimum Gasteiger partial charge on any atom is -0.455 e. The summed E-state index contributed by atoms with van der Waals surface area (Å²) in [4.78, 5) is 19.5. The molecule has 0 N–H and O–H groups in total. The van der Waals surface area contributed by atoms with Crippen molar-refractivity contribution in [2.75, 3.05) is 12.4 Å². The average Bonchev–Trinajstić information content (AvgIpc) is 2.56. The second-order valence-electron chi connectivity index (χ2n) is 5.14. The third-order valence-corrected chi connectivity index (χ3v) is 4.88. The van der Waals surface area contributed by atoms with Crippen LogP contribution in [0, 0.1) is 10.1 Å². The number of halogens is 10. The predicted molar refractivity (Wildman–Crippen MR) is 82.6 cm³/mol. The third kappa shape index (κ3) is 6.82. The summed E-state index contributed by atoms with van der Waals surface area (Å²) in [5.41, 5.74) is -1.06. The van der Waals surface area contributed by atoms with Crippen LogP contribution in [0.4, 0.5) is 49.6 Å². The monoisotopic (exact) mass is 495 g/mol. The number of rotatable bonds is 8. The van der Waals surface area contributed by atoms with Crippen LogP contribution in [0.5, 0.6) is 0 Å². The molecule has 0 saturated heterocycles. The third-order valence-electron chi connectivity index (χ3n) is 2.84. The molecular weight excluding hydrogens is 488 g/mol. The quantitative estimate of drug-likeness (QED) is 0.152. The van der Waals surface area contributed by atoms with Gasteiger partial charge < -0.3 is 4.74 Å². The van der Waals surface area contributed by atoms with Gasteiger partial charge in [-0.3, -0.25) is 14.9 Å². The first-order valence-electron chi connectivity index (χ1n) is 7.02. The first-order valence-corrected chi connectivity index (χ1v) is 8.82. The van der Waals surface area contributed by atoms with Gasteiger partial charge in [-0.1, -0.05) is 0 Å². The molecule has 0 aliphatic carbocycles. The number of benzene rings is 1. The van der Waals surface area contributed by atoms with Gasteiger partial charge in [0.25, 0.3) is 5.69 Å². The zero-order valence-corrected chi connectivity index (χ0v) is 15.5. The number of carbonyl (C=O) groups excluding carboxylic acids is 1. The number of hydrogen-bond acceptors (Lipinski definition) is 6. The van der Waals surface area contributed by atoms with Gasteiger partial charge >= 0.3 is 29.5 Å². The normalized spacial score (nSPS) is 13.3. The topological polar surface area (TPSA) is 69.4 Å². The molecule has 170 valence electrons. The molecule has 17 heteroatoms. The molecule has 30 heavy (non-hydrogen) atoms. The number of carbonyl (C=O) groups is 1. The van der Waals surface area contributed by atoms with Crippen LogP contribution in [0.25, 0.3) is 0 Å². The second kappa shape index (κ2) is 9.07. The summed E-state index contributed by atoms with van der Waals surface area (Å²) >= 11 is -1.02. The second-order valence-corrected chi connectivity index (χ2v) is 7.35. The molecule has 0 aromatic heterocycles. The summed E-state index contributed by atoms with van der Waals surface area (Å²) < 4.78 is 129. The lowest BCUT2D eigenvalue weighted by atomic mass is 10.3. The maximum atomic E-state index is 13.4. The number of thioether (sulfide) groups is 2. The van der Waals surface area contributed by atoms with Crippen molar-refractivity contribution in [3.8, 4) is 0 Å². The first-order chi connectivity index (χ1) is 13.4. The van der Waals surface area contributed by atoms with E-state index in [0.29, 0.717) is 12.1 Å². The summed E-state index contributed by atoms with van der Waals surface area (Å²) in [6.07, 6.45) is -11.4. The lowest BCUT2D eigenvalue weighted by Crippen LogP contribution is -2.49. The van der Waals surface area contributed by atoms with Crippen molar-refractivity contribution in [1.82, 2.24) is 0 Å². The maximum Gasteiger partial charge on any atom is 0.460 e. The fourth-order valence-electron chi connectivity index (χ4n) is 1.54. The molecule has 0 fully saturated rings. The highest BCUT2D eigenvalue weighted by Crippen LogP contribution is 2.54. The number of nitro groups is 1. The van der Waals surface area contributed by atoms with Crippen LogP contribution in [-0.4, -0.2) is 46.8 Å². The fraction of sp³-hybridized carbons (Fsp3) is 0.462. The van der Waals surface area contributed by atoms with Crippen LogP contribution in [0.1, 0.15) is 0 Å². The van der Waals surface area contributed by atoms with E-state index in [4.69, 9.17) is 0 Å². The van der Waals surface area contributed by atoms with E-state index in [1.807, 2.05) is 0 Å². The molecule has 0 spiro atoms. The Balaban J connectivity index is 2.99. The standard InChI is InChI=1S/C13H7F10NO4S2/c14-10(15,16)5-28-9(25)4-29-8-2-1-6(3-7(8)24(26)27)30-13(22,23)11(17,18)12(19,20)21/h1-3H,4-5H2. The number of alkyl halides is 10. The molecule has 0 heterocycles. The first kappa shape index (κ1) is 26.1. The van der Waals surface area contributed by atoms with Crippen molar-refractivity contribution in [2.24, 2.45) is 0 Å². The molecule has 1 aromatic carbocycles. The van der Waals surface area contributed by atoms with Crippen molar-refractivity contribution in [1.29, 1.82) is 0 Å². The van der Waals surface area contributed by atoms with Gasteiger partial charge in [0.1, 0.15) is 0 Å². The molecule has 0 unspecified atom stereocenters. The fourth-order valence-corrected chi connectivity index (χ4v) is 3.19. The molecule has 0 amide bonds. The van der Waals surface area contributed by atoms with Crippen molar-refractivity contribution in [3.05, 3.63) is 28.3 Å². The molecule has 0 radical (unpaired) electrons. The number of nitrogens with zero attached hydrogens (tertiary/aromatic N) is 1. The van der Waals surface area contributed by atoms with Gasteiger partial charge in [0.05, 0.1) is 15.6 Å². The van der Waals surface area contributed by atoms with Gasteiger partial charge in [0.2, 0.25) is 0 Å². The summed E-state index contributed by atoms with van der Waals surface area (Å²) in [6.45, 7) is -1.92. The number of hydrogen-bond donors (Lipinski definition) is 0. The lowest BCUT2D eigenvalue weighted by Gasteiger charge is -2.27. The van der Waals surface area contributed by atoms with E-state index in [1.165, 1.54) is 0 Å². The van der Waals surface area contributed by atoms with Crippen molar-refractivity contribution >= 4 is 35.2 Å². The molecule has 5 nitrogen and oxygen atoms in total. The maximum absolute atomic E-state index is 13.4. The SMILES string of the molecule is O=C(CSc1ccc(SC(F)(F)C(F)(F)C(F)(F)F)cc1[N+](=O)[O-])OCC(F)(F)F. The Hall–Kier alpha value is -1.91. The van der Waals surface area contributed by atoms with Gasteiger partial charge in [-0.05, 0) is 23.9 Å². The average molecular weight is 495 g/mol. The molecule has 0 bridgehead atoms. The van der Waals surface area contributed by atoms with E-state index in [2.05, 4.69) is 4.74 Å². The number of ether oxygens (including phenoxy) is 1. The summed E-state index contributed by atoms with van der Waals surface area (Å²) in [6, 6.07) is 1.46. The largest absolute Gasteiger partial charge is 0.460 e. The zero-order valence-electron chi connectivity index (χ0n) is 13.8. The number of nitro benzene ring substituents is 1. The van der Waals surface area contributed by atoms with Crippen molar-refractivity contribution < 1.29 is 58.4 Å². The van der Waals surface area contributed by atoms with E-state index < -0.39 is 74.0 Å². The van der Waals surface area contributed by atoms with Crippen LogP contribution in [0.2, 0.25) is 0 Å². The van der Waals surface area contributed by atoms with Gasteiger partial charge in [-0.15, -0.1) is 11.8 Å².